The summed E-state index contributed by atoms with van der Waals surface area (Å²) in [6, 6.07) is 7.43. The van der Waals surface area contributed by atoms with Crippen LogP contribution in [0.25, 0.3) is 0 Å². The molecule has 5 heteroatoms. The highest BCUT2D eigenvalue weighted by molar-refractivity contribution is 9.10. The van der Waals surface area contributed by atoms with E-state index < -0.39 is 10.8 Å². The summed E-state index contributed by atoms with van der Waals surface area (Å²) in [5, 5.41) is 11.9. The van der Waals surface area contributed by atoms with Crippen molar-refractivity contribution in [1.82, 2.24) is 0 Å². The molecule has 0 radical (unpaired) electrons. The highest BCUT2D eigenvalue weighted by atomic mass is 79.9. The predicted octanol–water partition coefficient (Wildman–Crippen LogP) is 2.50. The molecule has 1 aromatic carbocycles. The van der Waals surface area contributed by atoms with Gasteiger partial charge in [-0.15, -0.1) is 0 Å². The van der Waals surface area contributed by atoms with Crippen molar-refractivity contribution in [2.75, 3.05) is 23.4 Å². The summed E-state index contributed by atoms with van der Waals surface area (Å²) in [5.41, 5.74) is 1.54. The van der Waals surface area contributed by atoms with Crippen LogP contribution in [0.2, 0.25) is 0 Å². The van der Waals surface area contributed by atoms with Crippen molar-refractivity contribution in [3.05, 3.63) is 28.2 Å². The molecular weight excluding hydrogens is 288 g/mol. The minimum absolute atomic E-state index is 0.620. The lowest BCUT2D eigenvalue weighted by molar-refractivity contribution is 0.684. The standard InChI is InChI=1S/C11H13BrN2OS/c1-2-16(15)6-5-14-11-4-3-9(8-13)7-10(11)12/h3-4,7,14H,2,5-6H2,1H3. The second kappa shape index (κ2) is 6.66. The highest BCUT2D eigenvalue weighted by Crippen LogP contribution is 2.23. The van der Waals surface area contributed by atoms with Crippen LogP contribution in [-0.2, 0) is 10.8 Å². The van der Waals surface area contributed by atoms with Gasteiger partial charge in [0.1, 0.15) is 0 Å². The van der Waals surface area contributed by atoms with Gasteiger partial charge >= 0.3 is 0 Å². The Balaban J connectivity index is 2.55. The van der Waals surface area contributed by atoms with Gasteiger partial charge in [-0.25, -0.2) is 0 Å². The van der Waals surface area contributed by atoms with Gasteiger partial charge in [-0.3, -0.25) is 4.21 Å². The van der Waals surface area contributed by atoms with Crippen LogP contribution < -0.4 is 5.32 Å². The zero-order valence-electron chi connectivity index (χ0n) is 9.00. The second-order valence-corrected chi connectivity index (χ2v) is 5.89. The van der Waals surface area contributed by atoms with Gasteiger partial charge < -0.3 is 5.32 Å². The number of nitrogens with zero attached hydrogens (tertiary/aromatic N) is 1. The Hall–Kier alpha value is -0.860. The summed E-state index contributed by atoms with van der Waals surface area (Å²) in [7, 11) is -0.743. The van der Waals surface area contributed by atoms with E-state index in [1.54, 1.807) is 12.1 Å². The van der Waals surface area contributed by atoms with Gasteiger partial charge in [-0.2, -0.15) is 5.26 Å². The maximum Gasteiger partial charge on any atom is 0.0992 e. The average molecular weight is 301 g/mol. The van der Waals surface area contributed by atoms with E-state index in [0.29, 0.717) is 23.6 Å². The molecule has 1 N–H and O–H groups in total. The van der Waals surface area contributed by atoms with Crippen LogP contribution in [0.5, 0.6) is 0 Å². The Bertz CT molecular complexity index is 428. The zero-order chi connectivity index (χ0) is 12.0. The fraction of sp³-hybridized carbons (Fsp3) is 0.364. The maximum absolute atomic E-state index is 11.2. The van der Waals surface area contributed by atoms with Crippen molar-refractivity contribution in [3.8, 4) is 6.07 Å². The first-order valence-electron chi connectivity index (χ1n) is 4.96. The smallest absolute Gasteiger partial charge is 0.0992 e. The fourth-order valence-electron chi connectivity index (χ4n) is 1.17. The first kappa shape index (κ1) is 13.2. The first-order valence-corrected chi connectivity index (χ1v) is 7.24. The first-order chi connectivity index (χ1) is 7.67. The third kappa shape index (κ3) is 3.95. The van der Waals surface area contributed by atoms with E-state index in [4.69, 9.17) is 5.26 Å². The van der Waals surface area contributed by atoms with Crippen LogP contribution in [-0.4, -0.2) is 22.3 Å². The lowest BCUT2D eigenvalue weighted by Gasteiger charge is -2.08. The number of rotatable bonds is 5. The van der Waals surface area contributed by atoms with Crippen LogP contribution in [0.4, 0.5) is 5.69 Å². The van der Waals surface area contributed by atoms with Gasteiger partial charge in [0.2, 0.25) is 0 Å². The molecule has 1 aromatic rings. The third-order valence-electron chi connectivity index (χ3n) is 2.07. The van der Waals surface area contributed by atoms with Gasteiger partial charge in [0.25, 0.3) is 0 Å². The molecule has 1 unspecified atom stereocenters. The number of anilines is 1. The van der Waals surface area contributed by atoms with Crippen LogP contribution in [0.1, 0.15) is 12.5 Å². The third-order valence-corrected chi connectivity index (χ3v) is 4.02. The predicted molar refractivity (Wildman–Crippen MR) is 70.9 cm³/mol. The summed E-state index contributed by atoms with van der Waals surface area (Å²) < 4.78 is 12.1. The molecule has 0 amide bonds. The Labute approximate surface area is 106 Å². The van der Waals surface area contributed by atoms with E-state index in [1.807, 2.05) is 13.0 Å². The molecule has 1 atom stereocenters. The Morgan fingerprint density at radius 1 is 1.56 bits per heavy atom. The van der Waals surface area contributed by atoms with Crippen molar-refractivity contribution in [2.45, 2.75) is 6.92 Å². The molecule has 0 aromatic heterocycles. The lowest BCUT2D eigenvalue weighted by atomic mass is 10.2. The van der Waals surface area contributed by atoms with Crippen molar-refractivity contribution >= 4 is 32.4 Å². The molecule has 3 nitrogen and oxygen atoms in total. The molecule has 16 heavy (non-hydrogen) atoms. The molecule has 0 aliphatic rings. The minimum atomic E-state index is -0.743. The Morgan fingerprint density at radius 2 is 2.31 bits per heavy atom. The molecule has 0 aliphatic carbocycles. The van der Waals surface area contributed by atoms with Crippen LogP contribution >= 0.6 is 15.9 Å². The molecule has 0 bridgehead atoms. The Morgan fingerprint density at radius 3 is 2.88 bits per heavy atom. The van der Waals surface area contributed by atoms with Crippen molar-refractivity contribution < 1.29 is 4.21 Å². The summed E-state index contributed by atoms with van der Waals surface area (Å²) in [6.45, 7) is 2.58. The van der Waals surface area contributed by atoms with Crippen molar-refractivity contribution in [3.63, 3.8) is 0 Å². The average Bonchev–Trinajstić information content (AvgIpc) is 2.30. The molecule has 0 saturated heterocycles. The fourth-order valence-corrected chi connectivity index (χ4v) is 2.31. The highest BCUT2D eigenvalue weighted by Gasteiger charge is 2.01. The molecular formula is C11H13BrN2OS. The van der Waals surface area contributed by atoms with E-state index in [2.05, 4.69) is 27.3 Å². The number of halogens is 1. The summed E-state index contributed by atoms with van der Waals surface area (Å²) in [4.78, 5) is 0. The molecule has 0 aliphatic heterocycles. The molecule has 0 heterocycles. The van der Waals surface area contributed by atoms with Crippen LogP contribution in [0.3, 0.4) is 0 Å². The molecule has 0 fully saturated rings. The van der Waals surface area contributed by atoms with Gasteiger partial charge in [0.15, 0.2) is 0 Å². The van der Waals surface area contributed by atoms with Crippen LogP contribution in [0.15, 0.2) is 22.7 Å². The van der Waals surface area contributed by atoms with E-state index in [9.17, 15) is 4.21 Å². The van der Waals surface area contributed by atoms with Gasteiger partial charge in [0.05, 0.1) is 11.6 Å². The van der Waals surface area contributed by atoms with Gasteiger partial charge in [0, 0.05) is 39.0 Å². The molecule has 0 saturated carbocycles. The quantitative estimate of drug-likeness (QED) is 0.909. The number of benzene rings is 1. The van der Waals surface area contributed by atoms with Crippen molar-refractivity contribution in [1.29, 1.82) is 5.26 Å². The SMILES string of the molecule is CCS(=O)CCNc1ccc(C#N)cc1Br. The molecule has 86 valence electrons. The monoisotopic (exact) mass is 300 g/mol. The minimum Gasteiger partial charge on any atom is -0.383 e. The lowest BCUT2D eigenvalue weighted by Crippen LogP contribution is -2.12. The van der Waals surface area contributed by atoms with E-state index in [-0.39, 0.29) is 0 Å². The maximum atomic E-state index is 11.2. The van der Waals surface area contributed by atoms with Crippen molar-refractivity contribution in [2.24, 2.45) is 0 Å². The van der Waals surface area contributed by atoms with Gasteiger partial charge in [-0.05, 0) is 34.1 Å². The normalized spacial score (nSPS) is 11.8. The molecule has 1 rings (SSSR count). The van der Waals surface area contributed by atoms with Crippen LogP contribution in [0, 0.1) is 11.3 Å². The summed E-state index contributed by atoms with van der Waals surface area (Å²) in [6.07, 6.45) is 0. The second-order valence-electron chi connectivity index (χ2n) is 3.17. The zero-order valence-corrected chi connectivity index (χ0v) is 11.4. The Kier molecular flexibility index (Phi) is 5.50. The van der Waals surface area contributed by atoms with E-state index >= 15 is 0 Å². The summed E-state index contributed by atoms with van der Waals surface area (Å²) >= 11 is 3.38. The number of hydrogen-bond donors (Lipinski definition) is 1. The number of hydrogen-bond acceptors (Lipinski definition) is 3. The van der Waals surface area contributed by atoms with Gasteiger partial charge in [-0.1, -0.05) is 6.92 Å². The number of nitrogens with one attached hydrogen (secondary N) is 1. The van der Waals surface area contributed by atoms with E-state index in [0.717, 1.165) is 10.2 Å². The topological polar surface area (TPSA) is 52.9 Å². The molecule has 0 spiro atoms. The largest absolute Gasteiger partial charge is 0.383 e. The van der Waals surface area contributed by atoms with E-state index in [1.165, 1.54) is 0 Å². The summed E-state index contributed by atoms with van der Waals surface area (Å²) in [5.74, 6) is 1.33. The number of nitriles is 1.